The molecule has 0 saturated heterocycles. The van der Waals surface area contributed by atoms with Gasteiger partial charge < -0.3 is 25.2 Å². The molecule has 1 rings (SSSR count). The summed E-state index contributed by atoms with van der Waals surface area (Å²) in [5.74, 6) is 2.10. The van der Waals surface area contributed by atoms with Crippen molar-refractivity contribution < 1.29 is 43.8 Å². The number of carboxylic acids is 1. The number of benzene rings is 1. The van der Waals surface area contributed by atoms with Crippen LogP contribution in [0.3, 0.4) is 0 Å². The van der Waals surface area contributed by atoms with Crippen LogP contribution in [0, 0.1) is 0 Å². The summed E-state index contributed by atoms with van der Waals surface area (Å²) >= 11 is 0. The number of phenolic OH excluding ortho intramolecular Hbond substituents is 1. The Balaban J connectivity index is 2.98. The molecule has 26 heavy (non-hydrogen) atoms. The number of phenols is 1. The highest BCUT2D eigenvalue weighted by Gasteiger charge is 2.35. The smallest absolute Gasteiger partial charge is 0.504 e. The van der Waals surface area contributed by atoms with E-state index in [0.717, 1.165) is 12.1 Å². The monoisotopic (exact) mass is 393 g/mol. The van der Waals surface area contributed by atoms with Crippen molar-refractivity contribution in [2.24, 2.45) is 5.84 Å². The van der Waals surface area contributed by atoms with Crippen molar-refractivity contribution in [1.82, 2.24) is 10.7 Å². The standard InChI is InChI=1S/C13H20N3O9P/c1-13(16-14,12(21)15-8(6-17)11(19)20)5-7-2-3-10(9(18)4-7)25-26(22,23)24/h2-4,8,16-18H,5-6,14H2,1H3,(H,15,21)(H,19,20)(H2,22,23,24)/t8-,13?/m0/s1. The number of carboxylic acid groups (broad SMARTS) is 1. The maximum atomic E-state index is 12.3. The number of nitrogens with one attached hydrogen (secondary N) is 2. The number of carbonyl (C=O) groups excluding carboxylic acids is 1. The number of aliphatic hydroxyl groups is 1. The molecule has 12 nitrogen and oxygen atoms in total. The number of aromatic hydroxyl groups is 1. The van der Waals surface area contributed by atoms with E-state index in [1.54, 1.807) is 0 Å². The Hall–Kier alpha value is -2.21. The van der Waals surface area contributed by atoms with Crippen molar-refractivity contribution in [3.63, 3.8) is 0 Å². The molecule has 0 saturated carbocycles. The summed E-state index contributed by atoms with van der Waals surface area (Å²) < 4.78 is 15.1. The lowest BCUT2D eigenvalue weighted by Crippen LogP contribution is -2.61. The summed E-state index contributed by atoms with van der Waals surface area (Å²) in [7, 11) is -4.86. The van der Waals surface area contributed by atoms with E-state index >= 15 is 0 Å². The second-order valence-electron chi connectivity index (χ2n) is 5.58. The van der Waals surface area contributed by atoms with Gasteiger partial charge in [0.1, 0.15) is 11.6 Å². The lowest BCUT2D eigenvalue weighted by Gasteiger charge is -2.29. The summed E-state index contributed by atoms with van der Waals surface area (Å²) in [5.41, 5.74) is 1.06. The number of hydrazine groups is 1. The topological polar surface area (TPSA) is 212 Å². The van der Waals surface area contributed by atoms with Crippen LogP contribution in [-0.2, 0) is 20.6 Å². The van der Waals surface area contributed by atoms with Crippen molar-refractivity contribution >= 4 is 19.7 Å². The third kappa shape index (κ3) is 5.95. The normalized spacial score (nSPS) is 15.0. The summed E-state index contributed by atoms with van der Waals surface area (Å²) in [6, 6.07) is 2.00. The Morgan fingerprint density at radius 2 is 2.00 bits per heavy atom. The predicted molar refractivity (Wildman–Crippen MR) is 86.9 cm³/mol. The minimum Gasteiger partial charge on any atom is -0.504 e. The van der Waals surface area contributed by atoms with Gasteiger partial charge >= 0.3 is 13.8 Å². The maximum absolute atomic E-state index is 12.3. The Morgan fingerprint density at radius 3 is 2.42 bits per heavy atom. The molecule has 0 aliphatic heterocycles. The molecule has 1 aromatic rings. The van der Waals surface area contributed by atoms with Gasteiger partial charge in [-0.15, -0.1) is 0 Å². The van der Waals surface area contributed by atoms with Gasteiger partial charge in [-0.2, -0.15) is 0 Å². The molecule has 1 amide bonds. The van der Waals surface area contributed by atoms with E-state index in [9.17, 15) is 19.3 Å². The number of carbonyl (C=O) groups is 2. The van der Waals surface area contributed by atoms with Crippen LogP contribution in [0.15, 0.2) is 18.2 Å². The van der Waals surface area contributed by atoms with E-state index in [0.29, 0.717) is 5.56 Å². The highest BCUT2D eigenvalue weighted by Crippen LogP contribution is 2.41. The molecule has 0 heterocycles. The summed E-state index contributed by atoms with van der Waals surface area (Å²) in [5, 5.41) is 29.7. The average Bonchev–Trinajstić information content (AvgIpc) is 2.53. The van der Waals surface area contributed by atoms with Crippen molar-refractivity contribution in [1.29, 1.82) is 0 Å². The number of aliphatic carboxylic acids is 1. The lowest BCUT2D eigenvalue weighted by molar-refractivity contribution is -0.144. The first-order valence-corrected chi connectivity index (χ1v) is 8.64. The van der Waals surface area contributed by atoms with Crippen LogP contribution in [-0.4, -0.2) is 55.2 Å². The van der Waals surface area contributed by atoms with E-state index in [-0.39, 0.29) is 6.42 Å². The summed E-state index contributed by atoms with van der Waals surface area (Å²) in [6.07, 6.45) is -0.128. The number of phosphoric ester groups is 1. The number of hydrogen-bond donors (Lipinski definition) is 8. The van der Waals surface area contributed by atoms with E-state index in [1.807, 2.05) is 0 Å². The first-order valence-electron chi connectivity index (χ1n) is 7.11. The molecule has 0 spiro atoms. The number of aliphatic hydroxyl groups excluding tert-OH is 1. The van der Waals surface area contributed by atoms with E-state index in [1.165, 1.54) is 13.0 Å². The third-order valence-corrected chi connectivity index (χ3v) is 3.84. The van der Waals surface area contributed by atoms with Crippen molar-refractivity contribution in [2.45, 2.75) is 24.9 Å². The van der Waals surface area contributed by atoms with Crippen LogP contribution in [0.1, 0.15) is 12.5 Å². The van der Waals surface area contributed by atoms with Crippen molar-refractivity contribution in [3.8, 4) is 11.5 Å². The van der Waals surface area contributed by atoms with Crippen molar-refractivity contribution in [3.05, 3.63) is 23.8 Å². The second kappa shape index (κ2) is 8.45. The van der Waals surface area contributed by atoms with Crippen LogP contribution in [0.5, 0.6) is 11.5 Å². The van der Waals surface area contributed by atoms with E-state index in [2.05, 4.69) is 15.3 Å². The fourth-order valence-electron chi connectivity index (χ4n) is 1.99. The first kappa shape index (κ1) is 21.8. The SMILES string of the molecule is CC(Cc1ccc(OP(=O)(O)O)c(O)c1)(NN)C(=O)N[C@@H](CO)C(=O)O. The van der Waals surface area contributed by atoms with E-state index < -0.39 is 49.4 Å². The van der Waals surface area contributed by atoms with Crippen LogP contribution >= 0.6 is 7.82 Å². The molecule has 146 valence electrons. The molecule has 0 aliphatic carbocycles. The quantitative estimate of drug-likeness (QED) is 0.133. The van der Waals surface area contributed by atoms with Gasteiger partial charge in [0.25, 0.3) is 0 Å². The van der Waals surface area contributed by atoms with Crippen molar-refractivity contribution in [2.75, 3.05) is 6.61 Å². The summed E-state index contributed by atoms with van der Waals surface area (Å²) in [6.45, 7) is 0.534. The first-order chi connectivity index (χ1) is 11.9. The maximum Gasteiger partial charge on any atom is 0.524 e. The Labute approximate surface area is 147 Å². The fourth-order valence-corrected chi connectivity index (χ4v) is 2.40. The molecule has 13 heteroatoms. The highest BCUT2D eigenvalue weighted by molar-refractivity contribution is 7.46. The predicted octanol–water partition coefficient (Wildman–Crippen LogP) is -1.81. The Morgan fingerprint density at radius 1 is 1.38 bits per heavy atom. The van der Waals surface area contributed by atoms with Gasteiger partial charge in [-0.25, -0.2) is 14.8 Å². The third-order valence-electron chi connectivity index (χ3n) is 3.40. The number of phosphoric acid groups is 1. The van der Waals surface area contributed by atoms with Gasteiger partial charge in [-0.1, -0.05) is 6.07 Å². The minimum absolute atomic E-state index is 0.128. The molecule has 0 fully saturated rings. The molecule has 9 N–H and O–H groups in total. The largest absolute Gasteiger partial charge is 0.524 e. The number of hydrogen-bond acceptors (Lipinski definition) is 8. The molecule has 0 aromatic heterocycles. The fraction of sp³-hybridized carbons (Fsp3) is 0.385. The van der Waals surface area contributed by atoms with E-state index in [4.69, 9.17) is 25.8 Å². The van der Waals surface area contributed by atoms with Crippen LogP contribution in [0.2, 0.25) is 0 Å². The van der Waals surface area contributed by atoms with Gasteiger partial charge in [0, 0.05) is 6.42 Å². The molecule has 1 aromatic carbocycles. The second-order valence-corrected chi connectivity index (χ2v) is 6.75. The zero-order valence-electron chi connectivity index (χ0n) is 13.6. The van der Waals surface area contributed by atoms with Gasteiger partial charge in [0.15, 0.2) is 11.5 Å². The number of amides is 1. The lowest BCUT2D eigenvalue weighted by atomic mass is 9.92. The van der Waals surface area contributed by atoms with Crippen LogP contribution in [0.25, 0.3) is 0 Å². The molecule has 0 aliphatic rings. The molecule has 0 radical (unpaired) electrons. The highest BCUT2D eigenvalue weighted by atomic mass is 31.2. The summed E-state index contributed by atoms with van der Waals surface area (Å²) in [4.78, 5) is 40.7. The number of rotatable bonds is 9. The zero-order chi connectivity index (χ0) is 20.1. The van der Waals surface area contributed by atoms with Crippen LogP contribution < -0.4 is 21.1 Å². The van der Waals surface area contributed by atoms with Gasteiger partial charge in [-0.3, -0.25) is 20.4 Å². The molecule has 2 atom stereocenters. The van der Waals surface area contributed by atoms with Gasteiger partial charge in [0.05, 0.1) is 6.61 Å². The zero-order valence-corrected chi connectivity index (χ0v) is 14.5. The Bertz CT molecular complexity index is 723. The molecule has 1 unspecified atom stereocenters. The van der Waals surface area contributed by atoms with Gasteiger partial charge in [0.2, 0.25) is 5.91 Å². The molecular formula is C13H20N3O9P. The minimum atomic E-state index is -4.86. The average molecular weight is 393 g/mol. The molecular weight excluding hydrogens is 373 g/mol. The van der Waals surface area contributed by atoms with Gasteiger partial charge in [-0.05, 0) is 24.6 Å². The Kier molecular flexibility index (Phi) is 7.09. The van der Waals surface area contributed by atoms with Crippen LogP contribution in [0.4, 0.5) is 0 Å². The number of nitrogens with two attached hydrogens (primary N) is 1. The molecule has 0 bridgehead atoms.